The number of hydrogen-bond acceptors (Lipinski definition) is 8. The van der Waals surface area contributed by atoms with E-state index >= 15 is 0 Å². The molecule has 91 heavy (non-hydrogen) atoms. The van der Waals surface area contributed by atoms with Crippen LogP contribution in [-0.4, -0.2) is 82.3 Å². The fourth-order valence-electron chi connectivity index (χ4n) is 11.5. The maximum Gasteiger partial charge on any atom is 0.306 e. The highest BCUT2D eigenvalue weighted by Crippen LogP contribution is 2.19. The van der Waals surface area contributed by atoms with Gasteiger partial charge in [0, 0.05) is 12.8 Å². The van der Waals surface area contributed by atoms with E-state index in [1.165, 1.54) is 276 Å². The van der Waals surface area contributed by atoms with Crippen molar-refractivity contribution in [3.8, 4) is 0 Å². The predicted octanol–water partition coefficient (Wildman–Crippen LogP) is 23.5. The van der Waals surface area contributed by atoms with Gasteiger partial charge in [0.1, 0.15) is 13.2 Å². The van der Waals surface area contributed by atoms with Crippen LogP contribution in [0.15, 0.2) is 72.9 Å². The molecule has 0 heterocycles. The molecule has 0 aromatic carbocycles. The molecule has 0 spiro atoms. The molecule has 0 rings (SSSR count). The fourth-order valence-corrected chi connectivity index (χ4v) is 11.5. The highest BCUT2D eigenvalue weighted by atomic mass is 16.7. The summed E-state index contributed by atoms with van der Waals surface area (Å²) in [5.74, 6) is -2.26. The molecule has 2 unspecified atom stereocenters. The van der Waals surface area contributed by atoms with Crippen molar-refractivity contribution in [3.63, 3.8) is 0 Å². The van der Waals surface area contributed by atoms with Gasteiger partial charge in [-0.05, 0) is 83.5 Å². The van der Waals surface area contributed by atoms with E-state index in [4.69, 9.17) is 18.9 Å². The lowest BCUT2D eigenvalue weighted by molar-refractivity contribution is -0.870. The van der Waals surface area contributed by atoms with Crippen LogP contribution < -0.4 is 5.11 Å². The number of quaternary nitrogens is 1. The highest BCUT2D eigenvalue weighted by molar-refractivity contribution is 5.70. The molecule has 0 amide bonds. The molecule has 0 aliphatic heterocycles. The summed E-state index contributed by atoms with van der Waals surface area (Å²) in [5, 5.41) is 11.9. The summed E-state index contributed by atoms with van der Waals surface area (Å²) in [6.07, 6.45) is 94.5. The number of likely N-dealkylation sites (N-methyl/N-ethyl adjacent to an activating group) is 1. The first-order valence-electron chi connectivity index (χ1n) is 39.1. The monoisotopic (exact) mass is 1280 g/mol. The standard InChI is InChI=1S/C82H149NO8/c1-6-8-10-12-14-16-18-20-22-24-26-28-30-32-34-36-37-38-39-40-41-42-43-45-47-49-51-53-55-57-59-61-63-65-67-69-71-73-80(85)91-78(77-90-82(81(86)87)88-75-74-83(3,4)5)76-89-79(84)72-70-68-66-64-62-60-58-56-54-52-50-48-46-44-35-33-31-29-27-25-23-21-19-17-15-13-11-9-7-2/h8,10,14,16,20,22,25-28,32,34,78,82H,6-7,9,11-13,15,17-19,21,23-24,29-31,33,35-77H2,1-5H3/b10-8-,16-14-,22-20-,27-25-,28-26-,34-32-. The van der Waals surface area contributed by atoms with E-state index in [9.17, 15) is 19.5 Å². The van der Waals surface area contributed by atoms with Gasteiger partial charge in [0.15, 0.2) is 12.4 Å². The maximum absolute atomic E-state index is 13.0. The summed E-state index contributed by atoms with van der Waals surface area (Å²) in [6.45, 7) is 4.70. The number of carbonyl (C=O) groups is 3. The SMILES string of the molecule is CC/C=C\C/C=C\C/C=C\C/C=C\C/C=C\CCCCCCCCCCCCCCCCCCCCCCCC(=O)OC(COC(=O)CCCCCCCCCCCCCCCCCCC/C=C\CCCCCCCCCC)COC(OCC[N+](C)(C)C)C(=O)[O-]. The molecule has 0 aliphatic carbocycles. The quantitative estimate of drug-likeness (QED) is 0.0195. The summed E-state index contributed by atoms with van der Waals surface area (Å²) in [4.78, 5) is 37.6. The number of carboxylic acids is 1. The fraction of sp³-hybridized carbons (Fsp3) is 0.817. The van der Waals surface area contributed by atoms with Crippen LogP contribution in [0.3, 0.4) is 0 Å². The normalized spacial score (nSPS) is 13.0. The number of esters is 2. The maximum atomic E-state index is 13.0. The number of aliphatic carboxylic acids is 1. The van der Waals surface area contributed by atoms with Crippen LogP contribution in [0, 0.1) is 0 Å². The van der Waals surface area contributed by atoms with Gasteiger partial charge in [-0.25, -0.2) is 0 Å². The largest absolute Gasteiger partial charge is 0.545 e. The molecule has 0 saturated heterocycles. The minimum Gasteiger partial charge on any atom is -0.545 e. The number of unbranched alkanes of at least 4 members (excludes halogenated alkanes) is 46. The minimum atomic E-state index is -1.62. The Kier molecular flexibility index (Phi) is 69.9. The first kappa shape index (κ1) is 87.7. The Hall–Kier alpha value is -3.27. The molecule has 9 heteroatoms. The van der Waals surface area contributed by atoms with E-state index in [0.29, 0.717) is 23.9 Å². The molecule has 2 atom stereocenters. The Morgan fingerprint density at radius 3 is 0.945 bits per heavy atom. The zero-order valence-corrected chi connectivity index (χ0v) is 60.7. The molecular weight excluding hydrogens is 1130 g/mol. The van der Waals surface area contributed by atoms with Gasteiger partial charge in [0.25, 0.3) is 0 Å². The average Bonchev–Trinajstić information content (AvgIpc) is 3.50. The van der Waals surface area contributed by atoms with E-state index in [2.05, 4.69) is 86.8 Å². The van der Waals surface area contributed by atoms with Crippen LogP contribution in [0.4, 0.5) is 0 Å². The van der Waals surface area contributed by atoms with Crippen LogP contribution in [0.5, 0.6) is 0 Å². The smallest absolute Gasteiger partial charge is 0.306 e. The van der Waals surface area contributed by atoms with Gasteiger partial charge in [-0.15, -0.1) is 0 Å². The lowest BCUT2D eigenvalue weighted by Gasteiger charge is -2.26. The van der Waals surface area contributed by atoms with E-state index in [1.54, 1.807) is 0 Å². The number of carbonyl (C=O) groups excluding carboxylic acids is 3. The number of rotatable bonds is 73. The Morgan fingerprint density at radius 2 is 0.626 bits per heavy atom. The third-order valence-corrected chi connectivity index (χ3v) is 17.4. The molecule has 0 radical (unpaired) electrons. The van der Waals surface area contributed by atoms with Crippen molar-refractivity contribution in [1.82, 2.24) is 0 Å². The molecule has 0 bridgehead atoms. The van der Waals surface area contributed by atoms with E-state index in [0.717, 1.165) is 64.2 Å². The zero-order chi connectivity index (χ0) is 66.1. The van der Waals surface area contributed by atoms with E-state index in [-0.39, 0.29) is 32.2 Å². The second-order valence-electron chi connectivity index (χ2n) is 27.6. The molecule has 0 saturated carbocycles. The van der Waals surface area contributed by atoms with Crippen molar-refractivity contribution in [1.29, 1.82) is 0 Å². The van der Waals surface area contributed by atoms with Crippen molar-refractivity contribution >= 4 is 17.9 Å². The Bertz CT molecular complexity index is 1730. The van der Waals surface area contributed by atoms with Crippen molar-refractivity contribution in [2.75, 3.05) is 47.5 Å². The predicted molar refractivity (Wildman–Crippen MR) is 389 cm³/mol. The van der Waals surface area contributed by atoms with Crippen molar-refractivity contribution in [2.24, 2.45) is 0 Å². The second-order valence-corrected chi connectivity index (χ2v) is 27.6. The lowest BCUT2D eigenvalue weighted by Crippen LogP contribution is -2.44. The molecule has 9 nitrogen and oxygen atoms in total. The third kappa shape index (κ3) is 74.0. The van der Waals surface area contributed by atoms with Crippen LogP contribution >= 0.6 is 0 Å². The number of ether oxygens (including phenoxy) is 4. The van der Waals surface area contributed by atoms with E-state index in [1.807, 2.05) is 21.1 Å². The summed E-state index contributed by atoms with van der Waals surface area (Å²) in [7, 11) is 5.95. The van der Waals surface area contributed by atoms with Gasteiger partial charge in [0.2, 0.25) is 0 Å². The summed E-state index contributed by atoms with van der Waals surface area (Å²) < 4.78 is 22.9. The van der Waals surface area contributed by atoms with Crippen LogP contribution in [0.25, 0.3) is 0 Å². The lowest BCUT2D eigenvalue weighted by atomic mass is 10.0. The summed E-state index contributed by atoms with van der Waals surface area (Å²) >= 11 is 0. The Balaban J connectivity index is 4.00. The number of hydrogen-bond donors (Lipinski definition) is 0. The summed E-state index contributed by atoms with van der Waals surface area (Å²) in [6, 6.07) is 0. The topological polar surface area (TPSA) is 111 Å². The minimum absolute atomic E-state index is 0.149. The van der Waals surface area contributed by atoms with Crippen LogP contribution in [0.2, 0.25) is 0 Å². The van der Waals surface area contributed by atoms with Gasteiger partial charge < -0.3 is 33.3 Å². The Morgan fingerprint density at radius 1 is 0.341 bits per heavy atom. The van der Waals surface area contributed by atoms with E-state index < -0.39 is 24.3 Å². The number of carboxylic acid groups (broad SMARTS) is 1. The molecular formula is C82H149NO8. The third-order valence-electron chi connectivity index (χ3n) is 17.4. The van der Waals surface area contributed by atoms with Crippen molar-refractivity contribution < 1.29 is 42.9 Å². The van der Waals surface area contributed by atoms with Crippen molar-refractivity contribution in [2.45, 2.75) is 386 Å². The molecule has 0 aromatic rings. The highest BCUT2D eigenvalue weighted by Gasteiger charge is 2.22. The Labute approximate surface area is 564 Å². The summed E-state index contributed by atoms with van der Waals surface area (Å²) in [5.41, 5.74) is 0. The number of nitrogens with zero attached hydrogens (tertiary/aromatic N) is 1. The van der Waals surface area contributed by atoms with Crippen LogP contribution in [0.1, 0.15) is 373 Å². The first-order chi connectivity index (χ1) is 44.6. The van der Waals surface area contributed by atoms with Crippen molar-refractivity contribution in [3.05, 3.63) is 72.9 Å². The van der Waals surface area contributed by atoms with Gasteiger partial charge in [-0.1, -0.05) is 350 Å². The van der Waals surface area contributed by atoms with Gasteiger partial charge in [-0.2, -0.15) is 0 Å². The number of allylic oxidation sites excluding steroid dienone is 12. The molecule has 0 aromatic heterocycles. The van der Waals surface area contributed by atoms with Crippen LogP contribution in [-0.2, 0) is 33.3 Å². The molecule has 0 N–H and O–H groups in total. The molecule has 530 valence electrons. The van der Waals surface area contributed by atoms with Gasteiger partial charge >= 0.3 is 11.9 Å². The zero-order valence-electron chi connectivity index (χ0n) is 60.7. The second kappa shape index (κ2) is 72.6. The first-order valence-corrected chi connectivity index (χ1v) is 39.1. The molecule has 0 aliphatic rings. The van der Waals surface area contributed by atoms with Gasteiger partial charge in [0.05, 0.1) is 40.3 Å². The molecule has 0 fully saturated rings. The van der Waals surface area contributed by atoms with Gasteiger partial charge in [-0.3, -0.25) is 9.59 Å². The average molecular weight is 1280 g/mol.